The van der Waals surface area contributed by atoms with E-state index < -0.39 is 0 Å². The molecule has 726 valence electrons. The Morgan fingerprint density at radius 1 is 0.207 bits per heavy atom. The van der Waals surface area contributed by atoms with Crippen LogP contribution in [-0.2, 0) is 21.7 Å². The van der Waals surface area contributed by atoms with Crippen LogP contribution in [0.2, 0.25) is 0 Å². The van der Waals surface area contributed by atoms with Gasteiger partial charge in [-0.2, -0.15) is 0 Å². The van der Waals surface area contributed by atoms with Crippen LogP contribution in [0.1, 0.15) is 296 Å². The van der Waals surface area contributed by atoms with Gasteiger partial charge in [-0.05, 0) is 360 Å². The molecule has 2 nitrogen and oxygen atoms in total. The van der Waals surface area contributed by atoms with Crippen LogP contribution >= 0.6 is 0 Å². The molecule has 4 aliphatic carbocycles. The van der Waals surface area contributed by atoms with Gasteiger partial charge in [0.25, 0.3) is 0 Å². The lowest BCUT2D eigenvalue weighted by atomic mass is 9.70. The van der Waals surface area contributed by atoms with Crippen LogP contribution in [0.3, 0.4) is 0 Å². The van der Waals surface area contributed by atoms with Crippen molar-refractivity contribution in [1.82, 2.24) is 0 Å². The summed E-state index contributed by atoms with van der Waals surface area (Å²) in [6, 6.07) is 128. The Balaban J connectivity index is 0.518. The summed E-state index contributed by atoms with van der Waals surface area (Å²) in [5.41, 5.74) is 49.0. The Morgan fingerprint density at radius 3 is 0.876 bits per heavy atom. The highest BCUT2D eigenvalue weighted by Crippen LogP contribution is 2.61. The number of aryl methyl sites for hydroxylation is 3. The Hall–Kier alpha value is -13.4. The molecule has 19 aromatic rings. The standard InChI is InChI=1S/C143H143NO/c1-12-16-20-24-28-36-80-142(81-37-29-25-21-17-13-2)127-42-34-32-40-114(127)120-74-60-109(92-133(120)142)107-58-72-118-116-70-56-105(88-129(116)140(8,9)131(118)90-107)103-49-46-96(7)124(85-103)123-84-101(48-45-95(123)6)97-50-65-111(66-51-97)144(135-77-62-100-54-69-113-94(5)44-47-99-55-76-122(135)139(100)138(99)113)112-67-52-98(53-68-112)102-63-78-136-125(86-102)126-87-104(64-79-137(126)145-136)106-57-71-117-119-73-59-108(91-132(119)141(10,11)130(117)89-106)110-61-75-121-115-41-33-35-43-128(115)143(134(121)93-110,82-38-30-26-22-18-14-3)83-39-31-27-23-19-15-4/h32-35,40-79,84-93H,12-31,36-39,80-83H2,1-11H3. The predicted octanol–water partition coefficient (Wildman–Crippen LogP) is 42.7. The number of unbranched alkanes of at least 4 members (excludes halogenated alkanes) is 20. The molecule has 1 heterocycles. The van der Waals surface area contributed by atoms with Crippen LogP contribution in [0.15, 0.2) is 332 Å². The molecular formula is C143H143NO. The second kappa shape index (κ2) is 39.9. The highest BCUT2D eigenvalue weighted by molar-refractivity contribution is 6.26. The lowest BCUT2D eigenvalue weighted by Gasteiger charge is -2.33. The smallest absolute Gasteiger partial charge is 0.135 e. The minimum absolute atomic E-state index is 0.0357. The highest BCUT2D eigenvalue weighted by Gasteiger charge is 2.46. The van der Waals surface area contributed by atoms with Gasteiger partial charge in [0.2, 0.25) is 0 Å². The molecule has 1 aromatic heterocycles. The number of nitrogens with zero attached hydrogens (tertiary/aromatic N) is 1. The van der Waals surface area contributed by atoms with E-state index in [0.717, 1.165) is 50.1 Å². The van der Waals surface area contributed by atoms with Crippen molar-refractivity contribution in [1.29, 1.82) is 0 Å². The van der Waals surface area contributed by atoms with Gasteiger partial charge < -0.3 is 9.32 Å². The highest BCUT2D eigenvalue weighted by atomic mass is 16.3. The van der Waals surface area contributed by atoms with Gasteiger partial charge in [0.05, 0.1) is 5.69 Å². The first kappa shape index (κ1) is 95.1. The van der Waals surface area contributed by atoms with E-state index in [1.165, 1.54) is 362 Å². The second-order valence-corrected chi connectivity index (χ2v) is 45.0. The monoisotopic (exact) mass is 1890 g/mol. The number of benzene rings is 18. The van der Waals surface area contributed by atoms with Gasteiger partial charge in [-0.25, -0.2) is 0 Å². The van der Waals surface area contributed by atoms with Crippen LogP contribution in [0, 0.1) is 20.8 Å². The van der Waals surface area contributed by atoms with E-state index in [1.54, 1.807) is 22.3 Å². The Morgan fingerprint density at radius 2 is 0.483 bits per heavy atom. The van der Waals surface area contributed by atoms with E-state index in [1.807, 2.05) is 0 Å². The average Bonchev–Trinajstić information content (AvgIpc) is 1.65. The second-order valence-electron chi connectivity index (χ2n) is 45.0. The summed E-state index contributed by atoms with van der Waals surface area (Å²) >= 11 is 0. The molecule has 0 spiro atoms. The number of hydrogen-bond donors (Lipinski definition) is 0. The number of furan rings is 1. The Labute approximate surface area is 863 Å². The first-order valence-electron chi connectivity index (χ1n) is 55.9. The van der Waals surface area contributed by atoms with Crippen molar-refractivity contribution in [2.24, 2.45) is 0 Å². The molecular weight excluding hydrogens is 1750 g/mol. The van der Waals surface area contributed by atoms with Crippen LogP contribution in [-0.4, -0.2) is 0 Å². The van der Waals surface area contributed by atoms with E-state index in [2.05, 4.69) is 409 Å². The van der Waals surface area contributed by atoms with Crippen LogP contribution in [0.5, 0.6) is 0 Å². The minimum Gasteiger partial charge on any atom is -0.456 e. The molecule has 18 aromatic carbocycles. The topological polar surface area (TPSA) is 16.4 Å². The maximum atomic E-state index is 6.74. The zero-order chi connectivity index (χ0) is 98.8. The maximum absolute atomic E-state index is 6.74. The van der Waals surface area contributed by atoms with E-state index in [-0.39, 0.29) is 21.7 Å². The first-order valence-corrected chi connectivity index (χ1v) is 55.9. The fourth-order valence-electron chi connectivity index (χ4n) is 27.1. The van der Waals surface area contributed by atoms with Crippen molar-refractivity contribution in [2.45, 2.75) is 278 Å². The fraction of sp³-hybridized carbons (Fsp3) is 0.301. The van der Waals surface area contributed by atoms with Crippen molar-refractivity contribution in [3.63, 3.8) is 0 Å². The zero-order valence-electron chi connectivity index (χ0n) is 87.8. The molecule has 145 heavy (non-hydrogen) atoms. The predicted molar refractivity (Wildman–Crippen MR) is 624 cm³/mol. The number of anilines is 3. The van der Waals surface area contributed by atoms with Crippen LogP contribution < -0.4 is 4.90 Å². The van der Waals surface area contributed by atoms with Gasteiger partial charge in [0.15, 0.2) is 0 Å². The summed E-state index contributed by atoms with van der Waals surface area (Å²) in [7, 11) is 0. The van der Waals surface area contributed by atoms with Crippen molar-refractivity contribution >= 4 is 71.3 Å². The molecule has 0 bridgehead atoms. The summed E-state index contributed by atoms with van der Waals surface area (Å²) in [5.74, 6) is 0. The largest absolute Gasteiger partial charge is 0.456 e. The first-order chi connectivity index (χ1) is 70.9. The Kier molecular flexibility index (Phi) is 26.2. The molecule has 0 saturated carbocycles. The van der Waals surface area contributed by atoms with Crippen LogP contribution in [0.4, 0.5) is 17.1 Å². The minimum atomic E-state index is -0.215. The molecule has 0 fully saturated rings. The summed E-state index contributed by atoms with van der Waals surface area (Å²) in [4.78, 5) is 2.49. The maximum Gasteiger partial charge on any atom is 0.135 e. The SMILES string of the molecule is CCCCCCCCC1(CCCCCCCC)c2ccccc2-c2ccc(-c3ccc4c(c3)C(C)(C)c3cc(-c5ccc(C)c(-c6cc(-c7ccc(N(c8ccc(-c9ccc%10oc%11ccc(-c%12ccc%13c(c%12)C(C)(C)c%12cc(-c%14ccc%15c(c%14)C(CCCCCCCC)(CCCCCCCC)c%14ccccc%14-%15)ccc%12-%13)cc%11c%10c9)cc8)c8ccc9ccc%10c(C)ccc%11ccc8c9c%11%10)cc7)ccc6C)c5)ccc3-4)cc21. The van der Waals surface area contributed by atoms with E-state index in [0.29, 0.717) is 0 Å². The summed E-state index contributed by atoms with van der Waals surface area (Å²) in [6.45, 7) is 26.0. The summed E-state index contributed by atoms with van der Waals surface area (Å²) < 4.78 is 6.74. The quantitative estimate of drug-likeness (QED) is 0.0283. The average molecular weight is 1890 g/mol. The van der Waals surface area contributed by atoms with Gasteiger partial charge in [0.1, 0.15) is 11.2 Å². The fourth-order valence-corrected chi connectivity index (χ4v) is 27.1. The van der Waals surface area contributed by atoms with Gasteiger partial charge in [0, 0.05) is 49.2 Å². The third-order valence-electron chi connectivity index (χ3n) is 35.3. The molecule has 0 saturated heterocycles. The zero-order valence-corrected chi connectivity index (χ0v) is 87.8. The number of hydrogen-bond acceptors (Lipinski definition) is 2. The van der Waals surface area contributed by atoms with Crippen molar-refractivity contribution < 1.29 is 4.42 Å². The molecule has 2 heteroatoms. The Bertz CT molecular complexity index is 8060. The molecule has 4 aliphatic rings. The van der Waals surface area contributed by atoms with E-state index >= 15 is 0 Å². The van der Waals surface area contributed by atoms with Crippen molar-refractivity contribution in [3.8, 4) is 122 Å². The number of rotatable bonds is 38. The van der Waals surface area contributed by atoms with Gasteiger partial charge in [-0.15, -0.1) is 0 Å². The summed E-state index contributed by atoms with van der Waals surface area (Å²) in [5, 5.41) is 9.91. The van der Waals surface area contributed by atoms with Gasteiger partial charge in [-0.1, -0.05) is 434 Å². The third-order valence-corrected chi connectivity index (χ3v) is 35.3. The lowest BCUT2D eigenvalue weighted by molar-refractivity contribution is 0.398. The molecule has 0 radical (unpaired) electrons. The molecule has 0 aliphatic heterocycles. The molecule has 23 rings (SSSR count). The van der Waals surface area contributed by atoms with Crippen molar-refractivity contribution in [2.75, 3.05) is 4.90 Å². The molecule has 0 amide bonds. The van der Waals surface area contributed by atoms with Gasteiger partial charge >= 0.3 is 0 Å². The molecule has 0 N–H and O–H groups in total. The van der Waals surface area contributed by atoms with Crippen LogP contribution in [0.25, 0.3) is 177 Å². The molecule has 0 atom stereocenters. The summed E-state index contributed by atoms with van der Waals surface area (Å²) in [6.07, 6.45) is 36.6. The van der Waals surface area contributed by atoms with E-state index in [9.17, 15) is 0 Å². The third kappa shape index (κ3) is 17.2. The van der Waals surface area contributed by atoms with E-state index in [4.69, 9.17) is 4.42 Å². The lowest BCUT2D eigenvalue weighted by Crippen LogP contribution is -2.25. The number of fused-ring (bicyclic) bond motifs is 15. The van der Waals surface area contributed by atoms with Crippen molar-refractivity contribution in [3.05, 3.63) is 389 Å². The molecule has 0 unspecified atom stereocenters. The van der Waals surface area contributed by atoms with Gasteiger partial charge in [-0.3, -0.25) is 0 Å². The normalized spacial score (nSPS) is 14.1.